The van der Waals surface area contributed by atoms with Crippen LogP contribution in [0.2, 0.25) is 0 Å². The molecular formula is C11H9NS2. The summed E-state index contributed by atoms with van der Waals surface area (Å²) in [6.45, 7) is 2.22. The molecule has 0 atom stereocenters. The molecule has 3 heterocycles. The Morgan fingerprint density at radius 2 is 1.64 bits per heavy atom. The Morgan fingerprint density at radius 3 is 2.14 bits per heavy atom. The molecule has 0 saturated heterocycles. The number of hydrogen-bond donors (Lipinski definition) is 0. The molecule has 14 heavy (non-hydrogen) atoms. The topological polar surface area (TPSA) is 12.9 Å². The fraction of sp³-hybridized carbons (Fsp3) is 0.182. The molecule has 0 radical (unpaired) electrons. The summed E-state index contributed by atoms with van der Waals surface area (Å²) in [4.78, 5) is 4.63. The number of rotatable bonds is 1. The van der Waals surface area contributed by atoms with Gasteiger partial charge in [0.05, 0.1) is 20.4 Å². The van der Waals surface area contributed by atoms with Gasteiger partial charge in [0.25, 0.3) is 0 Å². The molecular weight excluding hydrogens is 210 g/mol. The fourth-order valence-corrected chi connectivity index (χ4v) is 3.76. The van der Waals surface area contributed by atoms with Gasteiger partial charge in [0, 0.05) is 0 Å². The Balaban J connectivity index is 2.59. The summed E-state index contributed by atoms with van der Waals surface area (Å²) in [5.41, 5.74) is 3.77. The van der Waals surface area contributed by atoms with E-state index >= 15 is 0 Å². The molecule has 0 aromatic carbocycles. The van der Waals surface area contributed by atoms with Gasteiger partial charge in [-0.15, -0.1) is 22.7 Å². The number of pyridine rings is 1. The molecule has 3 aromatic heterocycles. The first-order valence-electron chi connectivity index (χ1n) is 4.63. The second-order valence-electron chi connectivity index (χ2n) is 3.21. The lowest BCUT2D eigenvalue weighted by Crippen LogP contribution is -1.83. The first kappa shape index (κ1) is 8.38. The van der Waals surface area contributed by atoms with Crippen LogP contribution >= 0.6 is 22.7 Å². The molecule has 0 spiro atoms. The lowest BCUT2D eigenvalue weighted by molar-refractivity contribution is 1.18. The first-order chi connectivity index (χ1) is 6.90. The molecule has 0 bridgehead atoms. The van der Waals surface area contributed by atoms with Crippen molar-refractivity contribution in [1.29, 1.82) is 0 Å². The van der Waals surface area contributed by atoms with Crippen molar-refractivity contribution in [2.24, 2.45) is 0 Å². The van der Waals surface area contributed by atoms with Crippen LogP contribution in [0.5, 0.6) is 0 Å². The Bertz CT molecular complexity index is 543. The van der Waals surface area contributed by atoms with Crippen molar-refractivity contribution in [2.75, 3.05) is 0 Å². The van der Waals surface area contributed by atoms with E-state index in [1.165, 1.54) is 15.0 Å². The number of nitrogens with zero attached hydrogens (tertiary/aromatic N) is 1. The van der Waals surface area contributed by atoms with Gasteiger partial charge in [0.2, 0.25) is 0 Å². The average Bonchev–Trinajstić information content (AvgIpc) is 2.80. The predicted molar refractivity (Wildman–Crippen MR) is 64.4 cm³/mol. The third-order valence-corrected chi connectivity index (χ3v) is 4.36. The second kappa shape index (κ2) is 3.04. The van der Waals surface area contributed by atoms with E-state index in [1.807, 2.05) is 0 Å². The third-order valence-electron chi connectivity index (χ3n) is 2.43. The molecule has 0 aliphatic rings. The maximum absolute atomic E-state index is 4.63. The minimum atomic E-state index is 1.09. The lowest BCUT2D eigenvalue weighted by Gasteiger charge is -2.00. The second-order valence-corrected chi connectivity index (χ2v) is 5.05. The summed E-state index contributed by atoms with van der Waals surface area (Å²) < 4.78 is 2.73. The van der Waals surface area contributed by atoms with Crippen LogP contribution in [0.3, 0.4) is 0 Å². The minimum Gasteiger partial charge on any atom is -0.246 e. The van der Waals surface area contributed by atoms with Crippen LogP contribution in [0.15, 0.2) is 22.9 Å². The van der Waals surface area contributed by atoms with E-state index in [0.29, 0.717) is 0 Å². The van der Waals surface area contributed by atoms with E-state index < -0.39 is 0 Å². The van der Waals surface area contributed by atoms with E-state index in [1.54, 1.807) is 22.7 Å². The molecule has 0 amide bonds. The van der Waals surface area contributed by atoms with E-state index in [9.17, 15) is 0 Å². The van der Waals surface area contributed by atoms with Crippen molar-refractivity contribution in [1.82, 2.24) is 4.98 Å². The zero-order chi connectivity index (χ0) is 9.54. The van der Waals surface area contributed by atoms with Gasteiger partial charge in [-0.05, 0) is 34.9 Å². The molecule has 0 unspecified atom stereocenters. The summed E-state index contributed by atoms with van der Waals surface area (Å²) in [5, 5.41) is 4.25. The van der Waals surface area contributed by atoms with Gasteiger partial charge < -0.3 is 0 Å². The number of aromatic nitrogens is 1. The highest BCUT2D eigenvalue weighted by molar-refractivity contribution is 7.19. The smallest absolute Gasteiger partial charge is 0.0820 e. The highest BCUT2D eigenvalue weighted by atomic mass is 32.1. The molecule has 1 nitrogen and oxygen atoms in total. The van der Waals surface area contributed by atoms with Gasteiger partial charge in [-0.1, -0.05) is 6.92 Å². The van der Waals surface area contributed by atoms with Gasteiger partial charge in [0.15, 0.2) is 0 Å². The zero-order valence-electron chi connectivity index (χ0n) is 7.78. The molecule has 3 rings (SSSR count). The van der Waals surface area contributed by atoms with Gasteiger partial charge in [0.1, 0.15) is 0 Å². The molecule has 70 valence electrons. The van der Waals surface area contributed by atoms with Crippen LogP contribution in [0.25, 0.3) is 20.4 Å². The number of thiophene rings is 2. The van der Waals surface area contributed by atoms with Crippen molar-refractivity contribution in [3.8, 4) is 0 Å². The standard InChI is InChI=1S/C11H9NS2/c1-2-7-10-8(3-5-13-10)12-9-4-6-14-11(7)9/h3-6H,2H2,1H3. The quantitative estimate of drug-likeness (QED) is 0.601. The number of aryl methyl sites for hydroxylation is 1. The van der Waals surface area contributed by atoms with Gasteiger partial charge in [-0.2, -0.15) is 0 Å². The molecule has 0 aliphatic carbocycles. The van der Waals surface area contributed by atoms with E-state index in [2.05, 4.69) is 34.8 Å². The maximum atomic E-state index is 4.63. The lowest BCUT2D eigenvalue weighted by atomic mass is 10.2. The summed E-state index contributed by atoms with van der Waals surface area (Å²) in [6, 6.07) is 4.21. The largest absolute Gasteiger partial charge is 0.246 e. The first-order valence-corrected chi connectivity index (χ1v) is 6.39. The monoisotopic (exact) mass is 219 g/mol. The fourth-order valence-electron chi connectivity index (χ4n) is 1.79. The third kappa shape index (κ3) is 1.03. The molecule has 3 heteroatoms. The average molecular weight is 219 g/mol. The molecule has 0 N–H and O–H groups in total. The SMILES string of the molecule is CCc1c2sccc2nc2ccsc12. The highest BCUT2D eigenvalue weighted by Crippen LogP contribution is 2.32. The van der Waals surface area contributed by atoms with Crippen molar-refractivity contribution in [2.45, 2.75) is 13.3 Å². The maximum Gasteiger partial charge on any atom is 0.0820 e. The van der Waals surface area contributed by atoms with Crippen LogP contribution in [-0.4, -0.2) is 4.98 Å². The van der Waals surface area contributed by atoms with Crippen LogP contribution in [0.4, 0.5) is 0 Å². The van der Waals surface area contributed by atoms with Crippen molar-refractivity contribution in [3.63, 3.8) is 0 Å². The van der Waals surface area contributed by atoms with Crippen LogP contribution in [0.1, 0.15) is 12.5 Å². The van der Waals surface area contributed by atoms with E-state index in [-0.39, 0.29) is 0 Å². The molecule has 0 saturated carbocycles. The minimum absolute atomic E-state index is 1.09. The van der Waals surface area contributed by atoms with Gasteiger partial charge >= 0.3 is 0 Å². The van der Waals surface area contributed by atoms with E-state index in [4.69, 9.17) is 0 Å². The van der Waals surface area contributed by atoms with Crippen molar-refractivity contribution in [3.05, 3.63) is 28.5 Å². The Labute approximate surface area is 90.0 Å². The summed E-state index contributed by atoms with van der Waals surface area (Å²) in [6.07, 6.45) is 1.09. The number of fused-ring (bicyclic) bond motifs is 2. The predicted octanol–water partition coefficient (Wildman–Crippen LogP) is 4.07. The van der Waals surface area contributed by atoms with Crippen LogP contribution in [-0.2, 0) is 6.42 Å². The Morgan fingerprint density at radius 1 is 1.07 bits per heavy atom. The van der Waals surface area contributed by atoms with Crippen LogP contribution in [0, 0.1) is 0 Å². The zero-order valence-corrected chi connectivity index (χ0v) is 9.41. The van der Waals surface area contributed by atoms with Gasteiger partial charge in [-0.25, -0.2) is 4.98 Å². The summed E-state index contributed by atoms with van der Waals surface area (Å²) in [5.74, 6) is 0. The molecule has 0 aliphatic heterocycles. The van der Waals surface area contributed by atoms with E-state index in [0.717, 1.165) is 17.5 Å². The van der Waals surface area contributed by atoms with Crippen molar-refractivity contribution >= 4 is 43.1 Å². The normalized spacial score (nSPS) is 11.5. The Hall–Kier alpha value is -0.930. The summed E-state index contributed by atoms with van der Waals surface area (Å²) >= 11 is 3.60. The summed E-state index contributed by atoms with van der Waals surface area (Å²) in [7, 11) is 0. The Kier molecular flexibility index (Phi) is 1.82. The molecule has 3 aromatic rings. The number of hydrogen-bond acceptors (Lipinski definition) is 3. The van der Waals surface area contributed by atoms with Crippen LogP contribution < -0.4 is 0 Å². The highest BCUT2D eigenvalue weighted by Gasteiger charge is 2.08. The van der Waals surface area contributed by atoms with Crippen molar-refractivity contribution < 1.29 is 0 Å². The van der Waals surface area contributed by atoms with Gasteiger partial charge in [-0.3, -0.25) is 0 Å². The molecule has 0 fully saturated rings.